The van der Waals surface area contributed by atoms with E-state index in [2.05, 4.69) is 37.8 Å². The highest BCUT2D eigenvalue weighted by molar-refractivity contribution is 5.90. The molecule has 8 nitrogen and oxygen atoms in total. The number of carbonyl (C=O) groups is 1. The summed E-state index contributed by atoms with van der Waals surface area (Å²) in [6.07, 6.45) is 10.8. The van der Waals surface area contributed by atoms with Crippen molar-refractivity contribution in [2.45, 2.75) is 62.6 Å². The standard InChI is InChI=1S/C26H30N6O2/c1-16(19-3-2-6-27-13-19)29-21-5-4-20-14-28-23(30-22(20)8-21)31-24(33)32-25-9-17-7-18(10-25)12-26(34,11-17)15-25/h2-6,8,13-14,16-18,29,34H,7,9-12,15H2,1H3,(H2,28,30,31,32,33)/t16-,17?,18?,25?,26?/m1/s1. The van der Waals surface area contributed by atoms with E-state index in [1.165, 1.54) is 6.42 Å². The lowest BCUT2D eigenvalue weighted by Gasteiger charge is -2.60. The molecule has 1 aromatic carbocycles. The minimum Gasteiger partial charge on any atom is -0.390 e. The van der Waals surface area contributed by atoms with Crippen molar-refractivity contribution in [2.75, 3.05) is 10.6 Å². The van der Waals surface area contributed by atoms with Crippen molar-refractivity contribution < 1.29 is 9.90 Å². The van der Waals surface area contributed by atoms with E-state index in [0.29, 0.717) is 18.3 Å². The number of nitrogens with zero attached hydrogens (tertiary/aromatic N) is 3. The van der Waals surface area contributed by atoms with Gasteiger partial charge in [-0.05, 0) is 87.1 Å². The molecule has 2 heterocycles. The van der Waals surface area contributed by atoms with Gasteiger partial charge in [0.05, 0.1) is 17.2 Å². The molecule has 176 valence electrons. The van der Waals surface area contributed by atoms with Crippen LogP contribution in [0.2, 0.25) is 0 Å². The van der Waals surface area contributed by atoms with Gasteiger partial charge >= 0.3 is 6.03 Å². The van der Waals surface area contributed by atoms with Crippen molar-refractivity contribution in [1.82, 2.24) is 20.3 Å². The summed E-state index contributed by atoms with van der Waals surface area (Å²) in [5, 5.41) is 21.3. The fourth-order valence-corrected chi connectivity index (χ4v) is 6.87. The molecule has 4 aliphatic rings. The number of hydrogen-bond donors (Lipinski definition) is 4. The van der Waals surface area contributed by atoms with E-state index in [0.717, 1.165) is 47.8 Å². The highest BCUT2D eigenvalue weighted by atomic mass is 16.3. The first-order valence-electron chi connectivity index (χ1n) is 12.1. The van der Waals surface area contributed by atoms with E-state index in [1.54, 1.807) is 12.4 Å². The average Bonchev–Trinajstić information content (AvgIpc) is 2.77. The average molecular weight is 459 g/mol. The van der Waals surface area contributed by atoms with Crippen molar-refractivity contribution in [3.8, 4) is 0 Å². The second kappa shape index (κ2) is 7.91. The molecule has 3 aromatic rings. The maximum atomic E-state index is 12.9. The van der Waals surface area contributed by atoms with Crippen LogP contribution in [0.4, 0.5) is 16.4 Å². The molecular weight excluding hydrogens is 428 g/mol. The van der Waals surface area contributed by atoms with Crippen LogP contribution in [0.5, 0.6) is 0 Å². The lowest BCUT2D eigenvalue weighted by molar-refractivity contribution is -0.138. The monoisotopic (exact) mass is 458 g/mol. The normalized spacial score (nSPS) is 30.2. The van der Waals surface area contributed by atoms with Crippen molar-refractivity contribution in [3.63, 3.8) is 0 Å². The number of aliphatic hydroxyl groups is 1. The van der Waals surface area contributed by atoms with Gasteiger partial charge in [-0.3, -0.25) is 10.3 Å². The molecule has 3 atom stereocenters. The number of hydrogen-bond acceptors (Lipinski definition) is 6. The Hall–Kier alpha value is -3.26. The Morgan fingerprint density at radius 1 is 1.15 bits per heavy atom. The van der Waals surface area contributed by atoms with Crippen molar-refractivity contribution >= 4 is 28.6 Å². The predicted molar refractivity (Wildman–Crippen MR) is 130 cm³/mol. The third kappa shape index (κ3) is 4.07. The highest BCUT2D eigenvalue weighted by Crippen LogP contribution is 2.57. The topological polar surface area (TPSA) is 112 Å². The Kier molecular flexibility index (Phi) is 4.95. The van der Waals surface area contributed by atoms with Crippen LogP contribution in [0.1, 0.15) is 57.1 Å². The maximum absolute atomic E-state index is 12.9. The van der Waals surface area contributed by atoms with E-state index in [-0.39, 0.29) is 23.6 Å². The first kappa shape index (κ1) is 21.3. The van der Waals surface area contributed by atoms with E-state index in [4.69, 9.17) is 0 Å². The number of urea groups is 1. The number of pyridine rings is 1. The van der Waals surface area contributed by atoms with Crippen molar-refractivity contribution in [1.29, 1.82) is 0 Å². The number of benzene rings is 1. The van der Waals surface area contributed by atoms with Gasteiger partial charge in [0.25, 0.3) is 0 Å². The van der Waals surface area contributed by atoms with Crippen LogP contribution in [-0.4, -0.2) is 37.2 Å². The smallest absolute Gasteiger partial charge is 0.322 e. The molecule has 0 spiro atoms. The van der Waals surface area contributed by atoms with Gasteiger partial charge in [0.1, 0.15) is 0 Å². The van der Waals surface area contributed by atoms with Crippen LogP contribution in [-0.2, 0) is 0 Å². The summed E-state index contributed by atoms with van der Waals surface area (Å²) in [5.41, 5.74) is 1.84. The zero-order valence-electron chi connectivity index (χ0n) is 19.3. The van der Waals surface area contributed by atoms with E-state index in [1.807, 2.05) is 36.5 Å². The molecule has 34 heavy (non-hydrogen) atoms. The molecule has 7 rings (SSSR count). The second-order valence-electron chi connectivity index (χ2n) is 10.7. The molecule has 2 unspecified atom stereocenters. The van der Waals surface area contributed by atoms with Crippen LogP contribution in [0.15, 0.2) is 48.9 Å². The second-order valence-corrected chi connectivity index (χ2v) is 10.7. The number of anilines is 2. The van der Waals surface area contributed by atoms with Gasteiger partial charge in [-0.15, -0.1) is 0 Å². The zero-order valence-corrected chi connectivity index (χ0v) is 19.3. The molecule has 0 aliphatic heterocycles. The van der Waals surface area contributed by atoms with Crippen LogP contribution < -0.4 is 16.0 Å². The Labute approximate surface area is 198 Å². The van der Waals surface area contributed by atoms with Crippen molar-refractivity contribution in [2.24, 2.45) is 11.8 Å². The number of carbonyl (C=O) groups excluding carboxylic acids is 1. The number of fused-ring (bicyclic) bond motifs is 1. The molecule has 4 N–H and O–H groups in total. The van der Waals surface area contributed by atoms with E-state index < -0.39 is 5.60 Å². The fourth-order valence-electron chi connectivity index (χ4n) is 6.87. The van der Waals surface area contributed by atoms with Gasteiger partial charge in [0.2, 0.25) is 5.95 Å². The molecule has 2 amide bonds. The molecule has 4 aliphatic carbocycles. The van der Waals surface area contributed by atoms with Gasteiger partial charge in [-0.2, -0.15) is 0 Å². The number of aromatic nitrogens is 3. The molecule has 2 aromatic heterocycles. The lowest BCUT2D eigenvalue weighted by Crippen LogP contribution is -2.65. The number of rotatable bonds is 5. The fraction of sp³-hybridized carbons (Fsp3) is 0.462. The Balaban J connectivity index is 1.16. The molecule has 4 bridgehead atoms. The van der Waals surface area contributed by atoms with Gasteiger partial charge in [-0.1, -0.05) is 6.07 Å². The van der Waals surface area contributed by atoms with E-state index in [9.17, 15) is 9.90 Å². The first-order chi connectivity index (χ1) is 16.4. The summed E-state index contributed by atoms with van der Waals surface area (Å²) in [4.78, 5) is 26.0. The third-order valence-corrected chi connectivity index (χ3v) is 7.78. The summed E-state index contributed by atoms with van der Waals surface area (Å²) >= 11 is 0. The van der Waals surface area contributed by atoms with Gasteiger partial charge < -0.3 is 15.7 Å². The quantitative estimate of drug-likeness (QED) is 0.451. The van der Waals surface area contributed by atoms with Gasteiger partial charge in [-0.25, -0.2) is 14.8 Å². The molecule has 4 fully saturated rings. The van der Waals surface area contributed by atoms with E-state index >= 15 is 0 Å². The minimum absolute atomic E-state index is 0.0893. The zero-order chi connectivity index (χ0) is 23.3. The first-order valence-corrected chi connectivity index (χ1v) is 12.1. The molecule has 0 radical (unpaired) electrons. The molecular formula is C26H30N6O2. The maximum Gasteiger partial charge on any atom is 0.322 e. The van der Waals surface area contributed by atoms with Crippen LogP contribution >= 0.6 is 0 Å². The highest BCUT2D eigenvalue weighted by Gasteiger charge is 2.57. The molecule has 0 saturated heterocycles. The minimum atomic E-state index is -0.618. The summed E-state index contributed by atoms with van der Waals surface area (Å²) in [7, 11) is 0. The SMILES string of the molecule is C[C@@H](Nc1ccc2cnc(NC(=O)NC34CC5CC(CC(O)(C5)C3)C4)nc2c1)c1cccnc1. The Bertz CT molecular complexity index is 1220. The third-order valence-electron chi connectivity index (χ3n) is 7.78. The summed E-state index contributed by atoms with van der Waals surface area (Å²) in [6.45, 7) is 2.08. The van der Waals surface area contributed by atoms with Crippen LogP contribution in [0, 0.1) is 11.8 Å². The van der Waals surface area contributed by atoms with Crippen molar-refractivity contribution in [3.05, 3.63) is 54.5 Å². The Morgan fingerprint density at radius 3 is 2.71 bits per heavy atom. The number of nitrogens with one attached hydrogen (secondary N) is 3. The van der Waals surface area contributed by atoms with Gasteiger partial charge in [0, 0.05) is 35.2 Å². The van der Waals surface area contributed by atoms with Gasteiger partial charge in [0.15, 0.2) is 0 Å². The van der Waals surface area contributed by atoms with Crippen LogP contribution in [0.3, 0.4) is 0 Å². The summed E-state index contributed by atoms with van der Waals surface area (Å²) < 4.78 is 0. The predicted octanol–water partition coefficient (Wildman–Crippen LogP) is 4.40. The lowest BCUT2D eigenvalue weighted by atomic mass is 9.51. The Morgan fingerprint density at radius 2 is 1.97 bits per heavy atom. The number of amides is 2. The van der Waals surface area contributed by atoms with Crippen LogP contribution in [0.25, 0.3) is 10.9 Å². The summed E-state index contributed by atoms with van der Waals surface area (Å²) in [6, 6.07) is 9.67. The molecule has 8 heteroatoms. The largest absolute Gasteiger partial charge is 0.390 e. The summed E-state index contributed by atoms with van der Waals surface area (Å²) in [5.74, 6) is 1.28. The molecule has 4 saturated carbocycles.